The van der Waals surface area contributed by atoms with Crippen LogP contribution in [0.5, 0.6) is 0 Å². The normalized spacial score (nSPS) is 11.0. The Labute approximate surface area is 115 Å². The van der Waals surface area contributed by atoms with Gasteiger partial charge in [-0.25, -0.2) is 4.98 Å². The van der Waals surface area contributed by atoms with Crippen molar-refractivity contribution in [2.24, 2.45) is 0 Å². The molecule has 18 heavy (non-hydrogen) atoms. The summed E-state index contributed by atoms with van der Waals surface area (Å²) >= 11 is 12.4. The second-order valence-corrected chi connectivity index (χ2v) is 4.88. The van der Waals surface area contributed by atoms with Crippen molar-refractivity contribution >= 4 is 28.7 Å². The molecule has 0 radical (unpaired) electrons. The van der Waals surface area contributed by atoms with Crippen molar-refractivity contribution in [2.45, 2.75) is 6.42 Å². The Balaban J connectivity index is 2.07. The molecule has 0 saturated heterocycles. The van der Waals surface area contributed by atoms with E-state index in [9.17, 15) is 0 Å². The van der Waals surface area contributed by atoms with Crippen LogP contribution in [-0.2, 0) is 6.42 Å². The molecule has 0 bridgehead atoms. The number of nitrogens with zero attached hydrogens (tertiary/aromatic N) is 2. The van der Waals surface area contributed by atoms with Gasteiger partial charge in [0.25, 0.3) is 0 Å². The van der Waals surface area contributed by atoms with Crippen molar-refractivity contribution in [2.75, 3.05) is 0 Å². The molecule has 0 N–H and O–H groups in total. The SMILES string of the molecule is Clc1cccc(Cl)c1Cc1ncn2ccccc12. The molecule has 0 saturated carbocycles. The van der Waals surface area contributed by atoms with Gasteiger partial charge in [-0.15, -0.1) is 0 Å². The lowest BCUT2D eigenvalue weighted by Gasteiger charge is -2.05. The first-order chi connectivity index (χ1) is 8.75. The Morgan fingerprint density at radius 2 is 1.78 bits per heavy atom. The highest BCUT2D eigenvalue weighted by molar-refractivity contribution is 6.36. The van der Waals surface area contributed by atoms with Crippen LogP contribution >= 0.6 is 23.2 Å². The highest BCUT2D eigenvalue weighted by atomic mass is 35.5. The van der Waals surface area contributed by atoms with Crippen LogP contribution < -0.4 is 0 Å². The van der Waals surface area contributed by atoms with Gasteiger partial charge >= 0.3 is 0 Å². The number of hydrogen-bond donors (Lipinski definition) is 0. The molecule has 0 aliphatic heterocycles. The zero-order valence-corrected chi connectivity index (χ0v) is 11.0. The molecule has 2 heterocycles. The van der Waals surface area contributed by atoms with E-state index in [4.69, 9.17) is 23.2 Å². The highest BCUT2D eigenvalue weighted by Gasteiger charge is 2.10. The molecule has 0 unspecified atom stereocenters. The topological polar surface area (TPSA) is 17.3 Å². The Kier molecular flexibility index (Phi) is 2.98. The third-order valence-electron chi connectivity index (χ3n) is 2.93. The summed E-state index contributed by atoms with van der Waals surface area (Å²) in [4.78, 5) is 4.42. The van der Waals surface area contributed by atoms with Crippen molar-refractivity contribution in [3.05, 3.63) is 70.2 Å². The van der Waals surface area contributed by atoms with E-state index < -0.39 is 0 Å². The quantitative estimate of drug-likeness (QED) is 0.685. The van der Waals surface area contributed by atoms with E-state index in [0.717, 1.165) is 16.8 Å². The van der Waals surface area contributed by atoms with Crippen molar-refractivity contribution in [1.29, 1.82) is 0 Å². The lowest BCUT2D eigenvalue weighted by molar-refractivity contribution is 1.11. The summed E-state index contributed by atoms with van der Waals surface area (Å²) < 4.78 is 1.99. The van der Waals surface area contributed by atoms with Crippen LogP contribution in [-0.4, -0.2) is 9.38 Å². The molecule has 2 aromatic heterocycles. The molecule has 0 amide bonds. The molecule has 0 spiro atoms. The van der Waals surface area contributed by atoms with E-state index in [1.807, 2.05) is 47.0 Å². The Morgan fingerprint density at radius 3 is 2.56 bits per heavy atom. The number of aromatic nitrogens is 2. The lowest BCUT2D eigenvalue weighted by atomic mass is 10.1. The highest BCUT2D eigenvalue weighted by Crippen LogP contribution is 2.27. The van der Waals surface area contributed by atoms with Crippen LogP contribution in [0, 0.1) is 0 Å². The molecule has 3 aromatic rings. The minimum atomic E-state index is 0.638. The van der Waals surface area contributed by atoms with Crippen LogP contribution in [0.3, 0.4) is 0 Å². The van der Waals surface area contributed by atoms with Gasteiger partial charge in [-0.05, 0) is 29.8 Å². The van der Waals surface area contributed by atoms with Crippen molar-refractivity contribution in [1.82, 2.24) is 9.38 Å². The van der Waals surface area contributed by atoms with Gasteiger partial charge in [-0.2, -0.15) is 0 Å². The first-order valence-electron chi connectivity index (χ1n) is 5.59. The van der Waals surface area contributed by atoms with E-state index in [1.165, 1.54) is 0 Å². The molecule has 0 aliphatic carbocycles. The van der Waals surface area contributed by atoms with Gasteiger partial charge in [0.1, 0.15) is 0 Å². The second-order valence-electron chi connectivity index (χ2n) is 4.06. The number of fused-ring (bicyclic) bond motifs is 1. The molecule has 3 rings (SSSR count). The average Bonchev–Trinajstić information content (AvgIpc) is 2.77. The summed E-state index contributed by atoms with van der Waals surface area (Å²) in [6, 6.07) is 11.5. The number of rotatable bonds is 2. The summed E-state index contributed by atoms with van der Waals surface area (Å²) in [5.74, 6) is 0. The third kappa shape index (κ3) is 1.98. The van der Waals surface area contributed by atoms with Gasteiger partial charge in [-0.1, -0.05) is 35.3 Å². The predicted molar refractivity (Wildman–Crippen MR) is 74.5 cm³/mol. The molecule has 0 aliphatic rings. The first kappa shape index (κ1) is 11.6. The number of benzene rings is 1. The fraction of sp³-hybridized carbons (Fsp3) is 0.0714. The number of halogens is 2. The van der Waals surface area contributed by atoms with E-state index in [1.54, 1.807) is 6.33 Å². The molecule has 0 fully saturated rings. The molecule has 0 atom stereocenters. The summed E-state index contributed by atoms with van der Waals surface area (Å²) in [7, 11) is 0. The first-order valence-corrected chi connectivity index (χ1v) is 6.35. The fourth-order valence-corrected chi connectivity index (χ4v) is 2.54. The Hall–Kier alpha value is -1.51. The number of hydrogen-bond acceptors (Lipinski definition) is 1. The van der Waals surface area contributed by atoms with Crippen molar-refractivity contribution in [3.8, 4) is 0 Å². The van der Waals surface area contributed by atoms with E-state index in [-0.39, 0.29) is 0 Å². The minimum Gasteiger partial charge on any atom is -0.306 e. The largest absolute Gasteiger partial charge is 0.306 e. The third-order valence-corrected chi connectivity index (χ3v) is 3.64. The molecule has 1 aromatic carbocycles. The van der Waals surface area contributed by atoms with Gasteiger partial charge in [0.05, 0.1) is 17.5 Å². The summed E-state index contributed by atoms with van der Waals surface area (Å²) in [6.07, 6.45) is 4.41. The minimum absolute atomic E-state index is 0.638. The predicted octanol–water partition coefficient (Wildman–Crippen LogP) is 4.23. The van der Waals surface area contributed by atoms with Gasteiger partial charge < -0.3 is 4.40 Å². The van der Waals surface area contributed by atoms with E-state index >= 15 is 0 Å². The number of imidazole rings is 1. The molecular weight excluding hydrogens is 267 g/mol. The summed E-state index contributed by atoms with van der Waals surface area (Å²) in [5.41, 5.74) is 2.98. The molecule has 90 valence electrons. The van der Waals surface area contributed by atoms with Gasteiger partial charge in [0, 0.05) is 22.7 Å². The molecular formula is C14H10Cl2N2. The second kappa shape index (κ2) is 4.63. The maximum absolute atomic E-state index is 6.18. The zero-order valence-electron chi connectivity index (χ0n) is 9.48. The van der Waals surface area contributed by atoms with Crippen LogP contribution in [0.25, 0.3) is 5.52 Å². The smallest absolute Gasteiger partial charge is 0.0995 e. The van der Waals surface area contributed by atoms with Crippen molar-refractivity contribution in [3.63, 3.8) is 0 Å². The van der Waals surface area contributed by atoms with Crippen LogP contribution in [0.4, 0.5) is 0 Å². The van der Waals surface area contributed by atoms with Crippen LogP contribution in [0.2, 0.25) is 10.0 Å². The Morgan fingerprint density at radius 1 is 1.00 bits per heavy atom. The molecule has 2 nitrogen and oxygen atoms in total. The fourth-order valence-electron chi connectivity index (χ4n) is 2.00. The van der Waals surface area contributed by atoms with E-state index in [2.05, 4.69) is 4.98 Å². The maximum Gasteiger partial charge on any atom is 0.0995 e. The van der Waals surface area contributed by atoms with E-state index in [0.29, 0.717) is 16.5 Å². The standard InChI is InChI=1S/C14H10Cl2N2/c15-11-4-3-5-12(16)10(11)8-13-14-6-1-2-7-18(14)9-17-13/h1-7,9H,8H2. The summed E-state index contributed by atoms with van der Waals surface area (Å²) in [6.45, 7) is 0. The summed E-state index contributed by atoms with van der Waals surface area (Å²) in [5, 5.41) is 1.36. The van der Waals surface area contributed by atoms with Gasteiger partial charge in [0.15, 0.2) is 0 Å². The van der Waals surface area contributed by atoms with Crippen LogP contribution in [0.1, 0.15) is 11.3 Å². The van der Waals surface area contributed by atoms with Gasteiger partial charge in [-0.3, -0.25) is 0 Å². The lowest BCUT2D eigenvalue weighted by Crippen LogP contribution is -1.92. The number of pyridine rings is 1. The monoisotopic (exact) mass is 276 g/mol. The van der Waals surface area contributed by atoms with Gasteiger partial charge in [0.2, 0.25) is 0 Å². The van der Waals surface area contributed by atoms with Crippen molar-refractivity contribution < 1.29 is 0 Å². The Bertz CT molecular complexity index is 684. The van der Waals surface area contributed by atoms with Crippen LogP contribution in [0.15, 0.2) is 48.9 Å². The maximum atomic E-state index is 6.18. The average molecular weight is 277 g/mol. The zero-order chi connectivity index (χ0) is 12.5. The molecule has 4 heteroatoms.